The molecule has 0 aliphatic rings. The quantitative estimate of drug-likeness (QED) is 0.0923. The van der Waals surface area contributed by atoms with E-state index in [0.717, 1.165) is 6.54 Å². The summed E-state index contributed by atoms with van der Waals surface area (Å²) >= 11 is 12.4. The maximum Gasteiger partial charge on any atom is 0.130 e. The molecule has 0 aromatic rings. The summed E-state index contributed by atoms with van der Waals surface area (Å²) in [4.78, 5) is 0. The third-order valence-corrected chi connectivity index (χ3v) is 5.45. The highest BCUT2D eigenvalue weighted by molar-refractivity contribution is 9.09. The lowest BCUT2D eigenvalue weighted by molar-refractivity contribution is 0.527. The summed E-state index contributed by atoms with van der Waals surface area (Å²) in [6, 6.07) is 0. The van der Waals surface area contributed by atoms with Gasteiger partial charge in [-0.25, -0.2) is 0 Å². The lowest BCUT2D eigenvalue weighted by Gasteiger charge is -2.04. The van der Waals surface area contributed by atoms with E-state index in [1.54, 1.807) is 0 Å². The summed E-state index contributed by atoms with van der Waals surface area (Å²) in [5.74, 6) is 0. The summed E-state index contributed by atoms with van der Waals surface area (Å²) in [5.41, 5.74) is 0. The van der Waals surface area contributed by atoms with Gasteiger partial charge in [-0.15, -0.1) is 12.6 Å². The molecule has 0 aliphatic heterocycles. The SMILES string of the molecule is S=C(S)NCCCCCCCCCCCCCCCCCCCBr. The Bertz CT molecular complexity index is 262. The van der Waals surface area contributed by atoms with E-state index in [2.05, 4.69) is 33.9 Å². The van der Waals surface area contributed by atoms with Crippen LogP contribution in [0.3, 0.4) is 0 Å². The molecule has 0 aliphatic carbocycles. The number of thiol groups is 1. The van der Waals surface area contributed by atoms with Crippen molar-refractivity contribution >= 4 is 45.1 Å². The third kappa shape index (κ3) is 22.7. The maximum absolute atomic E-state index is 4.87. The highest BCUT2D eigenvalue weighted by Gasteiger charge is 1.95. The zero-order valence-electron chi connectivity index (χ0n) is 15.7. The Morgan fingerprint density at radius 2 is 0.875 bits per heavy atom. The monoisotopic (exact) mass is 437 g/mol. The van der Waals surface area contributed by atoms with E-state index in [1.807, 2.05) is 0 Å². The Hall–Kier alpha value is 0.720. The van der Waals surface area contributed by atoms with E-state index in [1.165, 1.54) is 114 Å². The van der Waals surface area contributed by atoms with E-state index in [9.17, 15) is 0 Å². The number of alkyl halides is 1. The van der Waals surface area contributed by atoms with Gasteiger partial charge in [-0.1, -0.05) is 124 Å². The number of rotatable bonds is 19. The van der Waals surface area contributed by atoms with E-state index in [4.69, 9.17) is 12.2 Å². The molecule has 4 heteroatoms. The van der Waals surface area contributed by atoms with E-state index >= 15 is 0 Å². The smallest absolute Gasteiger partial charge is 0.130 e. The van der Waals surface area contributed by atoms with Gasteiger partial charge in [0, 0.05) is 11.9 Å². The van der Waals surface area contributed by atoms with Crippen molar-refractivity contribution in [1.29, 1.82) is 0 Å². The minimum atomic E-state index is 0.625. The third-order valence-electron chi connectivity index (χ3n) is 4.59. The number of nitrogens with one attached hydrogen (secondary N) is 1. The van der Waals surface area contributed by atoms with Crippen molar-refractivity contribution in [1.82, 2.24) is 5.32 Å². The second-order valence-corrected chi connectivity index (χ2v) is 8.88. The van der Waals surface area contributed by atoms with Gasteiger partial charge >= 0.3 is 0 Å². The second kappa shape index (κ2) is 21.8. The molecule has 0 saturated heterocycles. The average molecular weight is 439 g/mol. The Kier molecular flexibility index (Phi) is 22.4. The molecule has 0 heterocycles. The summed E-state index contributed by atoms with van der Waals surface area (Å²) in [6.45, 7) is 0.985. The number of hydrogen-bond donors (Lipinski definition) is 2. The van der Waals surface area contributed by atoms with Gasteiger partial charge in [-0.2, -0.15) is 0 Å². The van der Waals surface area contributed by atoms with Crippen molar-refractivity contribution in [3.63, 3.8) is 0 Å². The lowest BCUT2D eigenvalue weighted by Crippen LogP contribution is -2.17. The molecule has 0 radical (unpaired) electrons. The summed E-state index contributed by atoms with van der Waals surface area (Å²) < 4.78 is 0.625. The number of halogens is 1. The number of thiocarbonyl (C=S) groups is 1. The normalized spacial score (nSPS) is 10.9. The molecule has 1 nitrogen and oxygen atoms in total. The first-order chi connectivity index (χ1) is 11.8. The summed E-state index contributed by atoms with van der Waals surface area (Å²) in [5, 5.41) is 4.27. The van der Waals surface area contributed by atoms with Crippen molar-refractivity contribution in [3.05, 3.63) is 0 Å². The Morgan fingerprint density at radius 3 is 1.17 bits per heavy atom. The van der Waals surface area contributed by atoms with Crippen LogP contribution in [0.2, 0.25) is 0 Å². The molecule has 0 atom stereocenters. The van der Waals surface area contributed by atoms with Crippen molar-refractivity contribution in [2.45, 2.75) is 109 Å². The fourth-order valence-electron chi connectivity index (χ4n) is 3.07. The van der Waals surface area contributed by atoms with Crippen LogP contribution in [0.25, 0.3) is 0 Å². The fraction of sp³-hybridized carbons (Fsp3) is 0.950. The molecular weight excluding hydrogens is 398 g/mol. The van der Waals surface area contributed by atoms with Crippen LogP contribution in [0.5, 0.6) is 0 Å². The van der Waals surface area contributed by atoms with Gasteiger partial charge in [-0.05, 0) is 12.8 Å². The predicted molar refractivity (Wildman–Crippen MR) is 122 cm³/mol. The van der Waals surface area contributed by atoms with Crippen molar-refractivity contribution in [3.8, 4) is 0 Å². The largest absolute Gasteiger partial charge is 0.371 e. The molecule has 0 aromatic carbocycles. The molecule has 0 aromatic heterocycles. The van der Waals surface area contributed by atoms with Gasteiger partial charge in [0.05, 0.1) is 0 Å². The van der Waals surface area contributed by atoms with Gasteiger partial charge in [0.1, 0.15) is 4.32 Å². The zero-order valence-corrected chi connectivity index (χ0v) is 19.0. The average Bonchev–Trinajstić information content (AvgIpc) is 2.56. The van der Waals surface area contributed by atoms with Gasteiger partial charge in [0.15, 0.2) is 0 Å². The van der Waals surface area contributed by atoms with E-state index < -0.39 is 0 Å². The molecule has 24 heavy (non-hydrogen) atoms. The van der Waals surface area contributed by atoms with E-state index in [0.29, 0.717) is 4.32 Å². The summed E-state index contributed by atoms with van der Waals surface area (Å²) in [6.07, 6.45) is 24.0. The molecule has 144 valence electrons. The van der Waals surface area contributed by atoms with Gasteiger partial charge in [-0.3, -0.25) is 0 Å². The van der Waals surface area contributed by atoms with Crippen LogP contribution in [0.1, 0.15) is 109 Å². The molecule has 0 saturated carbocycles. The van der Waals surface area contributed by atoms with Crippen LogP contribution in [0, 0.1) is 0 Å². The van der Waals surface area contributed by atoms with Crippen LogP contribution in [-0.4, -0.2) is 16.2 Å². The maximum atomic E-state index is 4.87. The zero-order chi connectivity index (χ0) is 17.7. The minimum Gasteiger partial charge on any atom is -0.371 e. The highest BCUT2D eigenvalue weighted by atomic mass is 79.9. The number of unbranched alkanes of at least 4 members (excludes halogenated alkanes) is 16. The highest BCUT2D eigenvalue weighted by Crippen LogP contribution is 2.14. The standard InChI is InChI=1S/C20H40BrNS2/c21-18-16-14-12-10-8-6-4-2-1-3-5-7-9-11-13-15-17-19-22-20(23)24/h1-19H2,(H2,22,23,24). The minimum absolute atomic E-state index is 0.625. The van der Waals surface area contributed by atoms with Crippen LogP contribution >= 0.6 is 40.8 Å². The van der Waals surface area contributed by atoms with Crippen molar-refractivity contribution in [2.24, 2.45) is 0 Å². The fourth-order valence-corrected chi connectivity index (χ4v) is 3.68. The van der Waals surface area contributed by atoms with E-state index in [-0.39, 0.29) is 0 Å². The van der Waals surface area contributed by atoms with Gasteiger partial charge in [0.25, 0.3) is 0 Å². The van der Waals surface area contributed by atoms with Crippen LogP contribution in [-0.2, 0) is 0 Å². The Labute approximate surface area is 171 Å². The lowest BCUT2D eigenvalue weighted by atomic mass is 10.0. The first-order valence-corrected chi connectivity index (χ1v) is 12.3. The molecular formula is C20H40BrNS2. The first-order valence-electron chi connectivity index (χ1n) is 10.3. The van der Waals surface area contributed by atoms with Crippen LogP contribution in [0.4, 0.5) is 0 Å². The topological polar surface area (TPSA) is 12.0 Å². The molecule has 0 bridgehead atoms. The first kappa shape index (κ1) is 24.7. The molecule has 1 N–H and O–H groups in total. The van der Waals surface area contributed by atoms with Crippen molar-refractivity contribution < 1.29 is 0 Å². The predicted octanol–water partition coefficient (Wildman–Crippen LogP) is 7.82. The second-order valence-electron chi connectivity index (χ2n) is 6.93. The molecule has 0 spiro atoms. The van der Waals surface area contributed by atoms with Crippen LogP contribution in [0.15, 0.2) is 0 Å². The Balaban J connectivity index is 2.97. The van der Waals surface area contributed by atoms with Crippen LogP contribution < -0.4 is 5.32 Å². The molecule has 0 unspecified atom stereocenters. The molecule has 0 amide bonds. The van der Waals surface area contributed by atoms with Gasteiger partial charge < -0.3 is 5.32 Å². The summed E-state index contributed by atoms with van der Waals surface area (Å²) in [7, 11) is 0. The Morgan fingerprint density at radius 1 is 0.583 bits per heavy atom. The number of hydrogen-bond acceptors (Lipinski definition) is 1. The van der Waals surface area contributed by atoms with Gasteiger partial charge in [0.2, 0.25) is 0 Å². The molecule has 0 rings (SSSR count). The molecule has 0 fully saturated rings. The van der Waals surface area contributed by atoms with Crippen molar-refractivity contribution in [2.75, 3.05) is 11.9 Å².